The lowest BCUT2D eigenvalue weighted by Gasteiger charge is -2.33. The molecule has 0 radical (unpaired) electrons. The maximum Gasteiger partial charge on any atom is 0.248 e. The van der Waals surface area contributed by atoms with Crippen molar-refractivity contribution in [2.24, 2.45) is 0 Å². The molecule has 0 spiro atoms. The number of morpholine rings is 1. The Morgan fingerprint density at radius 1 is 1.24 bits per heavy atom. The lowest BCUT2D eigenvalue weighted by Crippen LogP contribution is -2.51. The van der Waals surface area contributed by atoms with Gasteiger partial charge in [0.2, 0.25) is 15.9 Å². The molecule has 0 saturated carbocycles. The van der Waals surface area contributed by atoms with Gasteiger partial charge in [-0.1, -0.05) is 30.3 Å². The summed E-state index contributed by atoms with van der Waals surface area (Å²) in [6, 6.07) is 8.92. The second-order valence-electron chi connectivity index (χ2n) is 5.48. The summed E-state index contributed by atoms with van der Waals surface area (Å²) in [5.74, 6) is -0.121. The van der Waals surface area contributed by atoms with E-state index in [2.05, 4.69) is 0 Å². The van der Waals surface area contributed by atoms with Crippen molar-refractivity contribution in [3.63, 3.8) is 0 Å². The molecular formula is C14H18N2O4S. The third-order valence-corrected chi connectivity index (χ3v) is 5.88. The molecule has 0 N–H and O–H groups in total. The van der Waals surface area contributed by atoms with Crippen molar-refractivity contribution < 1.29 is 17.9 Å². The third-order valence-electron chi connectivity index (χ3n) is 4.10. The van der Waals surface area contributed by atoms with Crippen molar-refractivity contribution in [2.45, 2.75) is 17.9 Å². The highest BCUT2D eigenvalue weighted by atomic mass is 32.2. The SMILES string of the molecule is CN1C(=O)CO[C@H]2CN(S(=O)(=O)Cc3ccccc3)C[C@H]21. The van der Waals surface area contributed by atoms with Gasteiger partial charge in [-0.05, 0) is 5.56 Å². The number of sulfonamides is 1. The molecule has 1 aromatic rings. The highest BCUT2D eigenvalue weighted by Crippen LogP contribution is 2.25. The Labute approximate surface area is 124 Å². The second-order valence-corrected chi connectivity index (χ2v) is 7.45. The number of benzene rings is 1. The molecule has 2 saturated heterocycles. The van der Waals surface area contributed by atoms with Crippen molar-refractivity contribution >= 4 is 15.9 Å². The number of ether oxygens (including phenoxy) is 1. The first-order chi connectivity index (χ1) is 9.97. The number of fused-ring (bicyclic) bond motifs is 1. The van der Waals surface area contributed by atoms with E-state index in [9.17, 15) is 13.2 Å². The van der Waals surface area contributed by atoms with Gasteiger partial charge in [0.25, 0.3) is 0 Å². The molecule has 2 aliphatic rings. The van der Waals surface area contributed by atoms with Crippen LogP contribution in [0.3, 0.4) is 0 Å². The normalized spacial score (nSPS) is 26.9. The van der Waals surface area contributed by atoms with Gasteiger partial charge in [0, 0.05) is 20.1 Å². The molecule has 6 nitrogen and oxygen atoms in total. The van der Waals surface area contributed by atoms with Crippen LogP contribution in [0.5, 0.6) is 0 Å². The van der Waals surface area contributed by atoms with E-state index in [1.807, 2.05) is 18.2 Å². The standard InChI is InChI=1S/C14H18N2O4S/c1-15-12-7-16(8-13(12)20-9-14(15)17)21(18,19)10-11-5-3-2-4-6-11/h2-6,12-13H,7-10H2,1H3/t12-,13+/m1/s1. The van der Waals surface area contributed by atoms with Gasteiger partial charge < -0.3 is 9.64 Å². The zero-order chi connectivity index (χ0) is 15.0. The van der Waals surface area contributed by atoms with Crippen molar-refractivity contribution in [1.29, 1.82) is 0 Å². The zero-order valence-corrected chi connectivity index (χ0v) is 12.6. The topological polar surface area (TPSA) is 66.9 Å². The van der Waals surface area contributed by atoms with Gasteiger partial charge in [-0.15, -0.1) is 0 Å². The van der Waals surface area contributed by atoms with Crippen molar-refractivity contribution in [3.05, 3.63) is 35.9 Å². The lowest BCUT2D eigenvalue weighted by molar-refractivity contribution is -0.150. The summed E-state index contributed by atoms with van der Waals surface area (Å²) in [7, 11) is -1.69. The average Bonchev–Trinajstić information content (AvgIpc) is 2.89. The van der Waals surface area contributed by atoms with Crippen LogP contribution in [-0.2, 0) is 25.3 Å². The van der Waals surface area contributed by atoms with Crippen LogP contribution in [0.2, 0.25) is 0 Å². The summed E-state index contributed by atoms with van der Waals surface area (Å²) in [5, 5.41) is 0. The van der Waals surface area contributed by atoms with Crippen LogP contribution in [-0.4, -0.2) is 62.4 Å². The molecule has 7 heteroatoms. The molecular weight excluding hydrogens is 292 g/mol. The quantitative estimate of drug-likeness (QED) is 0.792. The Morgan fingerprint density at radius 2 is 1.95 bits per heavy atom. The molecule has 0 aromatic heterocycles. The van der Waals surface area contributed by atoms with Gasteiger partial charge in [-0.25, -0.2) is 8.42 Å². The molecule has 2 aliphatic heterocycles. The largest absolute Gasteiger partial charge is 0.365 e. The highest BCUT2D eigenvalue weighted by molar-refractivity contribution is 7.88. The molecule has 2 fully saturated rings. The van der Waals surface area contributed by atoms with Crippen LogP contribution in [0.25, 0.3) is 0 Å². The van der Waals surface area contributed by atoms with Gasteiger partial charge in [0.05, 0.1) is 17.9 Å². The van der Waals surface area contributed by atoms with Gasteiger partial charge in [-0.2, -0.15) is 4.31 Å². The molecule has 0 unspecified atom stereocenters. The first kappa shape index (κ1) is 14.5. The number of rotatable bonds is 3. The summed E-state index contributed by atoms with van der Waals surface area (Å²) in [6.07, 6.45) is -0.224. The van der Waals surface area contributed by atoms with Gasteiger partial charge >= 0.3 is 0 Å². The molecule has 3 rings (SSSR count). The van der Waals surface area contributed by atoms with Crippen LogP contribution < -0.4 is 0 Å². The minimum Gasteiger partial charge on any atom is -0.365 e. The Kier molecular flexibility index (Phi) is 3.73. The van der Waals surface area contributed by atoms with Gasteiger partial charge in [0.15, 0.2) is 0 Å². The zero-order valence-electron chi connectivity index (χ0n) is 11.8. The number of carbonyl (C=O) groups is 1. The molecule has 114 valence electrons. The monoisotopic (exact) mass is 310 g/mol. The van der Waals surface area contributed by atoms with Crippen molar-refractivity contribution in [2.75, 3.05) is 26.7 Å². The number of carbonyl (C=O) groups excluding carboxylic acids is 1. The summed E-state index contributed by atoms with van der Waals surface area (Å²) in [6.45, 7) is 0.657. The minimum atomic E-state index is -3.40. The Morgan fingerprint density at radius 3 is 2.67 bits per heavy atom. The minimum absolute atomic E-state index is 0.0229. The Balaban J connectivity index is 1.74. The molecule has 1 amide bonds. The molecule has 2 heterocycles. The van der Waals surface area contributed by atoms with E-state index in [1.165, 1.54) is 4.31 Å². The molecule has 1 aromatic carbocycles. The highest BCUT2D eigenvalue weighted by Gasteiger charge is 2.45. The first-order valence-electron chi connectivity index (χ1n) is 6.86. The summed E-state index contributed by atoms with van der Waals surface area (Å²) < 4.78 is 31.9. The fraction of sp³-hybridized carbons (Fsp3) is 0.500. The van der Waals surface area contributed by atoms with E-state index in [0.29, 0.717) is 13.1 Å². The van der Waals surface area contributed by atoms with Gasteiger partial charge in [-0.3, -0.25) is 4.79 Å². The van der Waals surface area contributed by atoms with Gasteiger partial charge in [0.1, 0.15) is 6.61 Å². The van der Waals surface area contributed by atoms with Crippen LogP contribution in [0, 0.1) is 0 Å². The van der Waals surface area contributed by atoms with Crippen LogP contribution in [0.15, 0.2) is 30.3 Å². The maximum absolute atomic E-state index is 12.5. The average molecular weight is 310 g/mol. The first-order valence-corrected chi connectivity index (χ1v) is 8.47. The predicted molar refractivity (Wildman–Crippen MR) is 76.9 cm³/mol. The van der Waals surface area contributed by atoms with E-state index in [0.717, 1.165) is 5.56 Å². The van der Waals surface area contributed by atoms with Crippen LogP contribution in [0.1, 0.15) is 5.56 Å². The van der Waals surface area contributed by atoms with E-state index in [1.54, 1.807) is 24.1 Å². The Bertz CT molecular complexity index is 632. The van der Waals surface area contributed by atoms with Crippen molar-refractivity contribution in [3.8, 4) is 0 Å². The molecule has 0 aliphatic carbocycles. The third kappa shape index (κ3) is 2.81. The lowest BCUT2D eigenvalue weighted by atomic mass is 10.1. The summed E-state index contributed by atoms with van der Waals surface area (Å²) >= 11 is 0. The second kappa shape index (κ2) is 5.40. The molecule has 21 heavy (non-hydrogen) atoms. The summed E-state index contributed by atoms with van der Waals surface area (Å²) in [5.41, 5.74) is 0.762. The Hall–Kier alpha value is -1.44. The smallest absolute Gasteiger partial charge is 0.248 e. The molecule has 0 bridgehead atoms. The van der Waals surface area contributed by atoms with E-state index >= 15 is 0 Å². The predicted octanol–water partition coefficient (Wildman–Crippen LogP) is 0.0578. The number of likely N-dealkylation sites (N-methyl/N-ethyl adjacent to an activating group) is 1. The number of nitrogens with zero attached hydrogens (tertiary/aromatic N) is 2. The van der Waals surface area contributed by atoms with Crippen LogP contribution in [0.4, 0.5) is 0 Å². The fourth-order valence-electron chi connectivity index (χ4n) is 2.83. The van der Waals surface area contributed by atoms with E-state index in [-0.39, 0.29) is 30.4 Å². The van der Waals surface area contributed by atoms with E-state index in [4.69, 9.17) is 4.74 Å². The number of hydrogen-bond donors (Lipinski definition) is 0. The maximum atomic E-state index is 12.5. The summed E-state index contributed by atoms with van der Waals surface area (Å²) in [4.78, 5) is 13.2. The number of hydrogen-bond acceptors (Lipinski definition) is 4. The van der Waals surface area contributed by atoms with E-state index < -0.39 is 10.0 Å². The number of amides is 1. The molecule has 2 atom stereocenters. The fourth-order valence-corrected chi connectivity index (χ4v) is 4.38. The van der Waals surface area contributed by atoms with Crippen LogP contribution >= 0.6 is 0 Å². The van der Waals surface area contributed by atoms with Crippen molar-refractivity contribution in [1.82, 2.24) is 9.21 Å².